The number of carbonyl (C=O) groups excluding carboxylic acids is 3. The first kappa shape index (κ1) is 21.9. The van der Waals surface area contributed by atoms with Gasteiger partial charge in [-0.25, -0.2) is 4.79 Å². The predicted molar refractivity (Wildman–Crippen MR) is 107 cm³/mol. The fourth-order valence-electron chi connectivity index (χ4n) is 2.89. The van der Waals surface area contributed by atoms with E-state index in [9.17, 15) is 14.4 Å². The summed E-state index contributed by atoms with van der Waals surface area (Å²) < 4.78 is 21.7. The van der Waals surface area contributed by atoms with Gasteiger partial charge in [0, 0.05) is 19.1 Å². The van der Waals surface area contributed by atoms with Crippen molar-refractivity contribution in [2.24, 2.45) is 0 Å². The number of esters is 1. The van der Waals surface area contributed by atoms with Gasteiger partial charge in [-0.2, -0.15) is 0 Å². The molecule has 9 nitrogen and oxygen atoms in total. The minimum atomic E-state index is -0.893. The van der Waals surface area contributed by atoms with E-state index in [-0.39, 0.29) is 30.0 Å². The molecule has 30 heavy (non-hydrogen) atoms. The van der Waals surface area contributed by atoms with Crippen LogP contribution in [0.5, 0.6) is 11.5 Å². The molecule has 2 amide bonds. The summed E-state index contributed by atoms with van der Waals surface area (Å²) in [6.07, 6.45) is 1.02. The molecule has 1 saturated carbocycles. The summed E-state index contributed by atoms with van der Waals surface area (Å²) >= 11 is 0. The molecule has 1 heterocycles. The maximum Gasteiger partial charge on any atom is 0.339 e. The molecule has 2 aliphatic rings. The average Bonchev–Trinajstić information content (AvgIpc) is 3.57. The number of morpholine rings is 1. The number of hydrogen-bond donors (Lipinski definition) is 1. The predicted octanol–water partition coefficient (Wildman–Crippen LogP) is 1.15. The molecule has 3 rings (SSSR count). The van der Waals surface area contributed by atoms with Crippen molar-refractivity contribution in [2.45, 2.75) is 38.8 Å². The van der Waals surface area contributed by atoms with Gasteiger partial charge < -0.3 is 29.2 Å². The Hall–Kier alpha value is -2.81. The Kier molecular flexibility index (Phi) is 7.51. The minimum absolute atomic E-state index is 0.137. The molecule has 0 spiro atoms. The van der Waals surface area contributed by atoms with E-state index in [4.69, 9.17) is 18.9 Å². The summed E-state index contributed by atoms with van der Waals surface area (Å²) in [5.74, 6) is -0.395. The third-order valence-corrected chi connectivity index (χ3v) is 4.77. The fraction of sp³-hybridized carbons (Fsp3) is 0.571. The molecule has 9 heteroatoms. The number of amides is 2. The Balaban J connectivity index is 1.59. The Morgan fingerprint density at radius 2 is 1.90 bits per heavy atom. The molecule has 0 unspecified atom stereocenters. The molecule has 1 saturated heterocycles. The molecule has 1 aliphatic carbocycles. The van der Waals surface area contributed by atoms with Crippen molar-refractivity contribution in [1.82, 2.24) is 10.2 Å². The van der Waals surface area contributed by atoms with Crippen LogP contribution in [0.25, 0.3) is 0 Å². The van der Waals surface area contributed by atoms with Crippen LogP contribution < -0.4 is 14.8 Å². The van der Waals surface area contributed by atoms with Gasteiger partial charge in [0.25, 0.3) is 11.8 Å². The zero-order valence-corrected chi connectivity index (χ0v) is 17.3. The smallest absolute Gasteiger partial charge is 0.339 e. The highest BCUT2D eigenvalue weighted by molar-refractivity contribution is 5.93. The SMILES string of the molecule is CCOc1cc(C(=O)O[C@H](C)C(=O)NC2CC2)ccc1OCC(=O)N1CCOCC1. The molecule has 1 N–H and O–H groups in total. The molecular weight excluding hydrogens is 392 g/mol. The van der Waals surface area contributed by atoms with Crippen LogP contribution in [0.3, 0.4) is 0 Å². The first-order valence-electron chi connectivity index (χ1n) is 10.2. The average molecular weight is 420 g/mol. The number of ether oxygens (including phenoxy) is 4. The lowest BCUT2D eigenvalue weighted by molar-refractivity contribution is -0.137. The molecule has 0 aromatic heterocycles. The summed E-state index contributed by atoms with van der Waals surface area (Å²) in [5, 5.41) is 2.80. The van der Waals surface area contributed by atoms with Crippen LogP contribution in [0.2, 0.25) is 0 Å². The van der Waals surface area contributed by atoms with Crippen molar-refractivity contribution in [1.29, 1.82) is 0 Å². The first-order valence-corrected chi connectivity index (χ1v) is 10.2. The molecule has 1 aromatic carbocycles. The van der Waals surface area contributed by atoms with E-state index in [2.05, 4.69) is 5.32 Å². The Morgan fingerprint density at radius 1 is 1.17 bits per heavy atom. The van der Waals surface area contributed by atoms with Crippen molar-refractivity contribution >= 4 is 17.8 Å². The van der Waals surface area contributed by atoms with Gasteiger partial charge in [-0.15, -0.1) is 0 Å². The lowest BCUT2D eigenvalue weighted by Gasteiger charge is -2.26. The molecular formula is C21H28N2O7. The normalized spacial score (nSPS) is 17.1. The second-order valence-electron chi connectivity index (χ2n) is 7.21. The van der Waals surface area contributed by atoms with E-state index in [1.165, 1.54) is 19.1 Å². The largest absolute Gasteiger partial charge is 0.490 e. The summed E-state index contributed by atoms with van der Waals surface area (Å²) in [5.41, 5.74) is 0.233. The van der Waals surface area contributed by atoms with Crippen LogP contribution in [0.15, 0.2) is 18.2 Å². The van der Waals surface area contributed by atoms with Gasteiger partial charge in [-0.05, 0) is 44.9 Å². The van der Waals surface area contributed by atoms with Gasteiger partial charge in [0.1, 0.15) is 0 Å². The topological polar surface area (TPSA) is 103 Å². The standard InChI is InChI=1S/C21H28N2O7/c1-3-28-18-12-15(21(26)30-14(2)20(25)22-16-5-6-16)4-7-17(18)29-13-19(24)23-8-10-27-11-9-23/h4,7,12,14,16H,3,5-6,8-11,13H2,1-2H3,(H,22,25)/t14-/m1/s1. The lowest BCUT2D eigenvalue weighted by atomic mass is 10.2. The molecule has 2 fully saturated rings. The second-order valence-corrected chi connectivity index (χ2v) is 7.21. The maximum absolute atomic E-state index is 12.4. The monoisotopic (exact) mass is 420 g/mol. The van der Waals surface area contributed by atoms with Crippen LogP contribution in [0.4, 0.5) is 0 Å². The zero-order chi connectivity index (χ0) is 21.5. The van der Waals surface area contributed by atoms with Crippen molar-refractivity contribution in [3.05, 3.63) is 23.8 Å². The van der Waals surface area contributed by atoms with Gasteiger partial charge >= 0.3 is 5.97 Å². The molecule has 0 radical (unpaired) electrons. The van der Waals surface area contributed by atoms with Crippen LogP contribution >= 0.6 is 0 Å². The van der Waals surface area contributed by atoms with Crippen molar-refractivity contribution in [3.63, 3.8) is 0 Å². The lowest BCUT2D eigenvalue weighted by Crippen LogP contribution is -2.43. The highest BCUT2D eigenvalue weighted by atomic mass is 16.5. The van der Waals surface area contributed by atoms with E-state index in [0.717, 1.165) is 12.8 Å². The highest BCUT2D eigenvalue weighted by Gasteiger charge is 2.27. The van der Waals surface area contributed by atoms with Crippen molar-refractivity contribution < 1.29 is 33.3 Å². The Labute approximate surface area is 175 Å². The Bertz CT molecular complexity index is 773. The zero-order valence-electron chi connectivity index (χ0n) is 17.3. The fourth-order valence-corrected chi connectivity index (χ4v) is 2.89. The molecule has 1 aromatic rings. The van der Waals surface area contributed by atoms with E-state index in [1.807, 2.05) is 0 Å². The van der Waals surface area contributed by atoms with Gasteiger partial charge in [0.05, 0.1) is 25.4 Å². The number of hydrogen-bond acceptors (Lipinski definition) is 7. The second kappa shape index (κ2) is 10.3. The minimum Gasteiger partial charge on any atom is -0.490 e. The maximum atomic E-state index is 12.4. The number of carbonyl (C=O) groups is 3. The van der Waals surface area contributed by atoms with Gasteiger partial charge in [-0.1, -0.05) is 0 Å². The summed E-state index contributed by atoms with van der Waals surface area (Å²) in [6, 6.07) is 4.76. The summed E-state index contributed by atoms with van der Waals surface area (Å²) in [7, 11) is 0. The van der Waals surface area contributed by atoms with Crippen LogP contribution in [0, 0.1) is 0 Å². The van der Waals surface area contributed by atoms with Gasteiger partial charge in [-0.3, -0.25) is 9.59 Å². The summed E-state index contributed by atoms with van der Waals surface area (Å²) in [4.78, 5) is 38.4. The highest BCUT2D eigenvalue weighted by Crippen LogP contribution is 2.29. The first-order chi connectivity index (χ1) is 14.5. The third-order valence-electron chi connectivity index (χ3n) is 4.77. The molecule has 0 bridgehead atoms. The molecule has 1 aliphatic heterocycles. The quantitative estimate of drug-likeness (QED) is 0.598. The van der Waals surface area contributed by atoms with E-state index >= 15 is 0 Å². The van der Waals surface area contributed by atoms with Crippen LogP contribution in [0.1, 0.15) is 37.0 Å². The van der Waals surface area contributed by atoms with Crippen LogP contribution in [-0.2, 0) is 19.1 Å². The van der Waals surface area contributed by atoms with E-state index in [1.54, 1.807) is 17.9 Å². The van der Waals surface area contributed by atoms with Gasteiger partial charge in [0.2, 0.25) is 0 Å². The number of nitrogens with one attached hydrogen (secondary N) is 1. The summed E-state index contributed by atoms with van der Waals surface area (Å²) in [6.45, 7) is 5.67. The van der Waals surface area contributed by atoms with Crippen LogP contribution in [-0.4, -0.2) is 74.3 Å². The van der Waals surface area contributed by atoms with E-state index < -0.39 is 12.1 Å². The van der Waals surface area contributed by atoms with E-state index in [0.29, 0.717) is 44.4 Å². The molecule has 1 atom stereocenters. The third kappa shape index (κ3) is 6.09. The number of nitrogens with zero attached hydrogens (tertiary/aromatic N) is 1. The Morgan fingerprint density at radius 3 is 2.57 bits per heavy atom. The number of benzene rings is 1. The molecule has 164 valence electrons. The van der Waals surface area contributed by atoms with Crippen molar-refractivity contribution in [2.75, 3.05) is 39.5 Å². The number of rotatable bonds is 9. The van der Waals surface area contributed by atoms with Gasteiger partial charge in [0.15, 0.2) is 24.2 Å². The van der Waals surface area contributed by atoms with Crippen molar-refractivity contribution in [3.8, 4) is 11.5 Å².